The molecule has 3 aromatic rings. The lowest BCUT2D eigenvalue weighted by Gasteiger charge is -2.32. The van der Waals surface area contributed by atoms with E-state index in [0.717, 1.165) is 9.87 Å². The number of rotatable bonds is 16. The molecule has 0 fully saturated rings. The van der Waals surface area contributed by atoms with Crippen LogP contribution < -0.4 is 28.6 Å². The Morgan fingerprint density at radius 1 is 0.822 bits per heavy atom. The number of hydrogen-bond donors (Lipinski definition) is 1. The Labute approximate surface area is 266 Å². The number of methoxy groups -OCH3 is 3. The maximum atomic E-state index is 14.2. The highest BCUT2D eigenvalue weighted by atomic mass is 32.2. The second-order valence-electron chi connectivity index (χ2n) is 10.3. The van der Waals surface area contributed by atoms with Gasteiger partial charge in [0.05, 0.1) is 38.5 Å². The summed E-state index contributed by atoms with van der Waals surface area (Å²) in [6, 6.07) is 16.7. The molecule has 244 valence electrons. The molecule has 0 saturated carbocycles. The van der Waals surface area contributed by atoms with Gasteiger partial charge in [0.2, 0.25) is 11.8 Å². The fourth-order valence-corrected chi connectivity index (χ4v) is 5.91. The van der Waals surface area contributed by atoms with E-state index in [2.05, 4.69) is 5.32 Å². The lowest BCUT2D eigenvalue weighted by molar-refractivity contribution is -0.139. The zero-order chi connectivity index (χ0) is 33.1. The van der Waals surface area contributed by atoms with Crippen LogP contribution in [-0.4, -0.2) is 71.7 Å². The van der Waals surface area contributed by atoms with Crippen LogP contribution in [0.1, 0.15) is 39.7 Å². The molecule has 0 radical (unpaired) electrons. The highest BCUT2D eigenvalue weighted by Gasteiger charge is 2.33. The van der Waals surface area contributed by atoms with Crippen LogP contribution in [0.15, 0.2) is 71.6 Å². The van der Waals surface area contributed by atoms with Gasteiger partial charge in [0.15, 0.2) is 11.5 Å². The highest BCUT2D eigenvalue weighted by Crippen LogP contribution is 2.33. The normalized spacial score (nSPS) is 12.4. The summed E-state index contributed by atoms with van der Waals surface area (Å²) in [6.07, 6.45) is 0.708. The number of benzene rings is 3. The van der Waals surface area contributed by atoms with Crippen molar-refractivity contribution < 1.29 is 37.0 Å². The molecular weight excluding hydrogens is 598 g/mol. The van der Waals surface area contributed by atoms with Crippen LogP contribution in [0.5, 0.6) is 23.0 Å². The van der Waals surface area contributed by atoms with Gasteiger partial charge in [-0.2, -0.15) is 0 Å². The molecule has 0 saturated heterocycles. The largest absolute Gasteiger partial charge is 0.497 e. The summed E-state index contributed by atoms with van der Waals surface area (Å²) in [7, 11) is 0.0912. The molecule has 45 heavy (non-hydrogen) atoms. The Morgan fingerprint density at radius 3 is 2.00 bits per heavy atom. The number of nitrogens with zero attached hydrogens (tertiary/aromatic N) is 2. The fraction of sp³-hybridized carbons (Fsp3) is 0.394. The number of hydrogen-bond acceptors (Lipinski definition) is 8. The van der Waals surface area contributed by atoms with Gasteiger partial charge in [0.25, 0.3) is 10.0 Å². The van der Waals surface area contributed by atoms with Crippen molar-refractivity contribution in [3.63, 3.8) is 0 Å². The molecule has 3 aromatic carbocycles. The maximum Gasteiger partial charge on any atom is 0.264 e. The van der Waals surface area contributed by atoms with Gasteiger partial charge in [0, 0.05) is 18.7 Å². The molecule has 0 bridgehead atoms. The van der Waals surface area contributed by atoms with Gasteiger partial charge < -0.3 is 29.2 Å². The molecule has 0 aliphatic rings. The standard InChI is InChI=1S/C33H43N3O8S/c1-8-23(3)34-33(38)24(4)35(21-25-10-14-27(41-5)15-11-25)32(37)22-36(26-12-16-28(17-13-26)44-9-2)45(39,40)29-18-19-30(42-6)31(20-29)43-7/h10-20,23-24H,8-9,21-22H2,1-7H3,(H,34,38)/t23-,24+/m1/s1. The molecular formula is C33H43N3O8S. The van der Waals surface area contributed by atoms with E-state index in [9.17, 15) is 18.0 Å². The summed E-state index contributed by atoms with van der Waals surface area (Å²) >= 11 is 0. The molecule has 12 heteroatoms. The van der Waals surface area contributed by atoms with E-state index < -0.39 is 28.5 Å². The lowest BCUT2D eigenvalue weighted by atomic mass is 10.1. The Morgan fingerprint density at radius 2 is 1.44 bits per heavy atom. The molecule has 2 amide bonds. The molecule has 0 aromatic heterocycles. The Balaban J connectivity index is 2.07. The molecule has 3 rings (SSSR count). The Bertz CT molecular complexity index is 1530. The zero-order valence-corrected chi connectivity index (χ0v) is 27.7. The first-order valence-corrected chi connectivity index (χ1v) is 16.1. The number of amides is 2. The summed E-state index contributed by atoms with van der Waals surface area (Å²) in [5, 5.41) is 2.93. The molecule has 0 aliphatic heterocycles. The van der Waals surface area contributed by atoms with Crippen molar-refractivity contribution in [1.82, 2.24) is 10.2 Å². The number of anilines is 1. The van der Waals surface area contributed by atoms with E-state index in [1.165, 1.54) is 37.3 Å². The molecule has 1 N–H and O–H groups in total. The minimum Gasteiger partial charge on any atom is -0.497 e. The Hall–Kier alpha value is -4.45. The first kappa shape index (κ1) is 35.0. The van der Waals surface area contributed by atoms with Crippen LogP contribution in [0.2, 0.25) is 0 Å². The zero-order valence-electron chi connectivity index (χ0n) is 26.9. The predicted octanol–water partition coefficient (Wildman–Crippen LogP) is 4.64. The van der Waals surface area contributed by atoms with Gasteiger partial charge >= 0.3 is 0 Å². The number of carbonyl (C=O) groups excluding carboxylic acids is 2. The van der Waals surface area contributed by atoms with Crippen molar-refractivity contribution in [2.24, 2.45) is 0 Å². The smallest absolute Gasteiger partial charge is 0.264 e. The van der Waals surface area contributed by atoms with Gasteiger partial charge in [-0.3, -0.25) is 13.9 Å². The summed E-state index contributed by atoms with van der Waals surface area (Å²) in [4.78, 5) is 28.7. The van der Waals surface area contributed by atoms with Gasteiger partial charge in [-0.25, -0.2) is 8.42 Å². The van der Waals surface area contributed by atoms with Crippen molar-refractivity contribution >= 4 is 27.5 Å². The second-order valence-corrected chi connectivity index (χ2v) is 12.2. The monoisotopic (exact) mass is 641 g/mol. The van der Waals surface area contributed by atoms with Crippen LogP contribution in [0, 0.1) is 0 Å². The van der Waals surface area contributed by atoms with E-state index in [1.807, 2.05) is 20.8 Å². The first-order chi connectivity index (χ1) is 21.5. The summed E-state index contributed by atoms with van der Waals surface area (Å²) in [5.74, 6) is 0.839. The van der Waals surface area contributed by atoms with Crippen LogP contribution in [0.25, 0.3) is 0 Å². The average molecular weight is 642 g/mol. The van der Waals surface area contributed by atoms with Gasteiger partial charge in [-0.15, -0.1) is 0 Å². The second kappa shape index (κ2) is 16.0. The summed E-state index contributed by atoms with van der Waals surface area (Å²) < 4.78 is 50.9. The minimum atomic E-state index is -4.32. The molecule has 0 heterocycles. The van der Waals surface area contributed by atoms with Crippen molar-refractivity contribution in [1.29, 1.82) is 0 Å². The highest BCUT2D eigenvalue weighted by molar-refractivity contribution is 7.92. The third-order valence-electron chi connectivity index (χ3n) is 7.34. The van der Waals surface area contributed by atoms with E-state index in [0.29, 0.717) is 30.3 Å². The first-order valence-electron chi connectivity index (χ1n) is 14.7. The van der Waals surface area contributed by atoms with E-state index >= 15 is 0 Å². The molecule has 0 spiro atoms. The van der Waals surface area contributed by atoms with Crippen LogP contribution in [0.4, 0.5) is 5.69 Å². The van der Waals surface area contributed by atoms with Crippen LogP contribution in [-0.2, 0) is 26.2 Å². The van der Waals surface area contributed by atoms with Crippen molar-refractivity contribution in [3.05, 3.63) is 72.3 Å². The van der Waals surface area contributed by atoms with Crippen molar-refractivity contribution in [2.75, 3.05) is 38.8 Å². The van der Waals surface area contributed by atoms with Crippen LogP contribution >= 0.6 is 0 Å². The van der Waals surface area contributed by atoms with E-state index in [1.54, 1.807) is 62.6 Å². The minimum absolute atomic E-state index is 0.0610. The molecule has 11 nitrogen and oxygen atoms in total. The quantitative estimate of drug-likeness (QED) is 0.240. The van der Waals surface area contributed by atoms with Crippen molar-refractivity contribution in [2.45, 2.75) is 57.6 Å². The van der Waals surface area contributed by atoms with E-state index in [-0.39, 0.29) is 34.8 Å². The Kier molecular flexibility index (Phi) is 12.5. The van der Waals surface area contributed by atoms with Gasteiger partial charge in [0.1, 0.15) is 24.1 Å². The SMILES string of the molecule is CCOc1ccc(N(CC(=O)N(Cc2ccc(OC)cc2)[C@@H](C)C(=O)N[C@H](C)CC)S(=O)(=O)c2ccc(OC)c(OC)c2)cc1. The fourth-order valence-electron chi connectivity index (χ4n) is 4.48. The number of carbonyl (C=O) groups is 2. The predicted molar refractivity (Wildman–Crippen MR) is 173 cm³/mol. The number of sulfonamides is 1. The molecule has 2 atom stereocenters. The third kappa shape index (κ3) is 8.81. The lowest BCUT2D eigenvalue weighted by Crippen LogP contribution is -2.52. The van der Waals surface area contributed by atoms with Gasteiger partial charge in [-0.1, -0.05) is 19.1 Å². The van der Waals surface area contributed by atoms with Gasteiger partial charge in [-0.05, 0) is 81.3 Å². The average Bonchev–Trinajstić information content (AvgIpc) is 3.05. The van der Waals surface area contributed by atoms with Crippen LogP contribution in [0.3, 0.4) is 0 Å². The number of ether oxygens (including phenoxy) is 4. The van der Waals surface area contributed by atoms with Crippen molar-refractivity contribution in [3.8, 4) is 23.0 Å². The molecule has 0 aliphatic carbocycles. The number of nitrogens with one attached hydrogen (secondary N) is 1. The molecule has 0 unspecified atom stereocenters. The maximum absolute atomic E-state index is 14.2. The van der Waals surface area contributed by atoms with E-state index in [4.69, 9.17) is 18.9 Å². The topological polar surface area (TPSA) is 124 Å². The summed E-state index contributed by atoms with van der Waals surface area (Å²) in [5.41, 5.74) is 0.977. The third-order valence-corrected chi connectivity index (χ3v) is 9.11. The summed E-state index contributed by atoms with van der Waals surface area (Å²) in [6.45, 7) is 7.21.